The zero-order chi connectivity index (χ0) is 14.1. The second-order valence-corrected chi connectivity index (χ2v) is 5.70. The number of aryl methyl sites for hydroxylation is 1. The Hall–Kier alpha value is -1.67. The number of halogens is 1. The molecule has 0 fully saturated rings. The second kappa shape index (κ2) is 5.37. The van der Waals surface area contributed by atoms with E-state index in [1.807, 2.05) is 12.1 Å². The van der Waals surface area contributed by atoms with E-state index in [0.717, 1.165) is 24.0 Å². The van der Waals surface area contributed by atoms with E-state index in [2.05, 4.69) is 43.4 Å². The lowest BCUT2D eigenvalue weighted by molar-refractivity contribution is 0.465. The summed E-state index contributed by atoms with van der Waals surface area (Å²) in [5.41, 5.74) is 4.57. The van der Waals surface area contributed by atoms with E-state index in [0.29, 0.717) is 0 Å². The molecule has 0 aromatic heterocycles. The van der Waals surface area contributed by atoms with Crippen molar-refractivity contribution in [2.45, 2.75) is 38.8 Å². The summed E-state index contributed by atoms with van der Waals surface area (Å²) in [5, 5.41) is 3.63. The number of benzene rings is 2. The van der Waals surface area contributed by atoms with Crippen molar-refractivity contribution in [3.8, 4) is 0 Å². The maximum atomic E-state index is 13.7. The summed E-state index contributed by atoms with van der Waals surface area (Å²) in [5.74, 6) is -0.0604. The van der Waals surface area contributed by atoms with Gasteiger partial charge in [-0.3, -0.25) is 0 Å². The molecular formula is C18H20FN. The van der Waals surface area contributed by atoms with Crippen molar-refractivity contribution in [1.29, 1.82) is 0 Å². The minimum atomic E-state index is -0.0604. The van der Waals surface area contributed by atoms with E-state index < -0.39 is 0 Å². The molecule has 0 radical (unpaired) electrons. The summed E-state index contributed by atoms with van der Waals surface area (Å²) in [6.45, 7) is 4.26. The number of fused-ring (bicyclic) bond motifs is 1. The van der Waals surface area contributed by atoms with Crippen LogP contribution in [0.25, 0.3) is 0 Å². The number of nitrogens with one attached hydrogen (secondary N) is 1. The highest BCUT2D eigenvalue weighted by Gasteiger charge is 2.25. The van der Waals surface area contributed by atoms with Crippen LogP contribution in [0.3, 0.4) is 0 Å². The van der Waals surface area contributed by atoms with E-state index in [4.69, 9.17) is 0 Å². The topological polar surface area (TPSA) is 12.0 Å². The van der Waals surface area contributed by atoms with Crippen molar-refractivity contribution in [1.82, 2.24) is 5.32 Å². The quantitative estimate of drug-likeness (QED) is 0.866. The van der Waals surface area contributed by atoms with Gasteiger partial charge in [0.05, 0.1) is 0 Å². The van der Waals surface area contributed by atoms with E-state index in [1.165, 1.54) is 11.1 Å². The first-order valence-electron chi connectivity index (χ1n) is 7.25. The summed E-state index contributed by atoms with van der Waals surface area (Å²) < 4.78 is 13.7. The molecule has 0 aliphatic heterocycles. The van der Waals surface area contributed by atoms with Crippen LogP contribution in [0.4, 0.5) is 4.39 Å². The fourth-order valence-electron chi connectivity index (χ4n) is 3.04. The SMILES string of the molecule is Cc1ccc([C@@H](C)NC2CCc3c(F)cccc32)cc1. The molecule has 1 unspecified atom stereocenters. The normalized spacial score (nSPS) is 18.9. The third-order valence-corrected chi connectivity index (χ3v) is 4.24. The minimum absolute atomic E-state index is 0.0604. The van der Waals surface area contributed by atoms with Crippen LogP contribution in [0.1, 0.15) is 47.7 Å². The van der Waals surface area contributed by atoms with Crippen molar-refractivity contribution in [2.24, 2.45) is 0 Å². The first-order valence-corrected chi connectivity index (χ1v) is 7.25. The van der Waals surface area contributed by atoms with Crippen molar-refractivity contribution in [2.75, 3.05) is 0 Å². The second-order valence-electron chi connectivity index (χ2n) is 5.70. The van der Waals surface area contributed by atoms with Gasteiger partial charge in [-0.1, -0.05) is 42.0 Å². The fraction of sp³-hybridized carbons (Fsp3) is 0.333. The van der Waals surface area contributed by atoms with Gasteiger partial charge in [0, 0.05) is 12.1 Å². The van der Waals surface area contributed by atoms with Gasteiger partial charge in [-0.2, -0.15) is 0 Å². The number of hydrogen-bond donors (Lipinski definition) is 1. The third kappa shape index (κ3) is 2.48. The van der Waals surface area contributed by atoms with Gasteiger partial charge in [-0.25, -0.2) is 4.39 Å². The predicted molar refractivity (Wildman–Crippen MR) is 80.2 cm³/mol. The average Bonchev–Trinajstić information content (AvgIpc) is 2.84. The van der Waals surface area contributed by atoms with Gasteiger partial charge in [0.15, 0.2) is 0 Å². The van der Waals surface area contributed by atoms with Gasteiger partial charge in [-0.15, -0.1) is 0 Å². The molecule has 0 amide bonds. The third-order valence-electron chi connectivity index (χ3n) is 4.24. The predicted octanol–water partition coefficient (Wildman–Crippen LogP) is 4.47. The Morgan fingerprint density at radius 3 is 2.65 bits per heavy atom. The molecule has 2 atom stereocenters. The van der Waals surface area contributed by atoms with Gasteiger partial charge in [-0.05, 0) is 49.4 Å². The molecule has 1 aliphatic carbocycles. The summed E-state index contributed by atoms with van der Waals surface area (Å²) in [7, 11) is 0. The smallest absolute Gasteiger partial charge is 0.126 e. The van der Waals surface area contributed by atoms with Crippen LogP contribution in [0.15, 0.2) is 42.5 Å². The van der Waals surface area contributed by atoms with E-state index in [-0.39, 0.29) is 17.9 Å². The molecule has 3 rings (SSSR count). The van der Waals surface area contributed by atoms with Gasteiger partial charge in [0.2, 0.25) is 0 Å². The molecule has 0 spiro atoms. The van der Waals surface area contributed by atoms with Gasteiger partial charge >= 0.3 is 0 Å². The molecule has 2 aromatic carbocycles. The van der Waals surface area contributed by atoms with Gasteiger partial charge < -0.3 is 5.32 Å². The summed E-state index contributed by atoms with van der Waals surface area (Å²) >= 11 is 0. The Balaban J connectivity index is 1.77. The molecule has 2 aromatic rings. The monoisotopic (exact) mass is 269 g/mol. The molecule has 104 valence electrons. The summed E-state index contributed by atoms with van der Waals surface area (Å²) in [6, 6.07) is 14.5. The van der Waals surface area contributed by atoms with Crippen LogP contribution in [-0.4, -0.2) is 0 Å². The average molecular weight is 269 g/mol. The Kier molecular flexibility index (Phi) is 3.58. The van der Waals surface area contributed by atoms with E-state index >= 15 is 0 Å². The van der Waals surface area contributed by atoms with Crippen LogP contribution in [0.2, 0.25) is 0 Å². The zero-order valence-corrected chi connectivity index (χ0v) is 12.0. The maximum absolute atomic E-state index is 13.7. The van der Waals surface area contributed by atoms with E-state index in [9.17, 15) is 4.39 Å². The van der Waals surface area contributed by atoms with Crippen LogP contribution < -0.4 is 5.32 Å². The number of hydrogen-bond acceptors (Lipinski definition) is 1. The lowest BCUT2D eigenvalue weighted by atomic mass is 10.0. The van der Waals surface area contributed by atoms with Crippen molar-refractivity contribution in [3.05, 3.63) is 70.5 Å². The Bertz CT molecular complexity index is 603. The van der Waals surface area contributed by atoms with Gasteiger partial charge in [0.1, 0.15) is 5.82 Å². The van der Waals surface area contributed by atoms with Crippen molar-refractivity contribution in [3.63, 3.8) is 0 Å². The largest absolute Gasteiger partial charge is 0.303 e. The molecule has 0 bridgehead atoms. The summed E-state index contributed by atoms with van der Waals surface area (Å²) in [6.07, 6.45) is 1.81. The molecule has 0 heterocycles. The standard InChI is InChI=1S/C18H20FN/c1-12-6-8-14(9-7-12)13(2)20-18-11-10-15-16(18)4-3-5-17(15)19/h3-9,13,18,20H,10-11H2,1-2H3/t13-,18?/m1/s1. The first-order chi connectivity index (χ1) is 9.65. The molecule has 1 N–H and O–H groups in total. The lowest BCUT2D eigenvalue weighted by Crippen LogP contribution is -2.23. The van der Waals surface area contributed by atoms with Crippen LogP contribution in [0, 0.1) is 12.7 Å². The summed E-state index contributed by atoms with van der Waals surface area (Å²) in [4.78, 5) is 0. The van der Waals surface area contributed by atoms with Crippen LogP contribution in [-0.2, 0) is 6.42 Å². The van der Waals surface area contributed by atoms with Crippen LogP contribution >= 0.6 is 0 Å². The van der Waals surface area contributed by atoms with Crippen LogP contribution in [0.5, 0.6) is 0 Å². The Labute approximate surface area is 119 Å². The number of rotatable bonds is 3. The van der Waals surface area contributed by atoms with E-state index in [1.54, 1.807) is 6.07 Å². The molecule has 0 saturated carbocycles. The Morgan fingerprint density at radius 2 is 1.90 bits per heavy atom. The molecule has 2 heteroatoms. The fourth-order valence-corrected chi connectivity index (χ4v) is 3.04. The highest BCUT2D eigenvalue weighted by molar-refractivity contribution is 5.36. The highest BCUT2D eigenvalue weighted by atomic mass is 19.1. The molecule has 20 heavy (non-hydrogen) atoms. The molecule has 1 nitrogen and oxygen atoms in total. The highest BCUT2D eigenvalue weighted by Crippen LogP contribution is 2.34. The maximum Gasteiger partial charge on any atom is 0.126 e. The lowest BCUT2D eigenvalue weighted by Gasteiger charge is -2.21. The molecule has 0 saturated heterocycles. The zero-order valence-electron chi connectivity index (χ0n) is 12.0. The molecular weight excluding hydrogens is 249 g/mol. The van der Waals surface area contributed by atoms with Crippen molar-refractivity contribution < 1.29 is 4.39 Å². The van der Waals surface area contributed by atoms with Gasteiger partial charge in [0.25, 0.3) is 0 Å². The van der Waals surface area contributed by atoms with Crippen molar-refractivity contribution >= 4 is 0 Å². The first kappa shape index (κ1) is 13.3. The minimum Gasteiger partial charge on any atom is -0.303 e. The molecule has 1 aliphatic rings. The Morgan fingerprint density at radius 1 is 1.15 bits per heavy atom.